The Morgan fingerprint density at radius 2 is 1.93 bits per heavy atom. The van der Waals surface area contributed by atoms with Crippen LogP contribution < -0.4 is 20.5 Å². The van der Waals surface area contributed by atoms with E-state index >= 15 is 4.39 Å². The lowest BCUT2D eigenvalue weighted by atomic mass is 9.93. The van der Waals surface area contributed by atoms with Crippen molar-refractivity contribution in [3.63, 3.8) is 0 Å². The predicted octanol–water partition coefficient (Wildman–Crippen LogP) is 3.56. The minimum absolute atomic E-state index is 0.143. The number of methoxy groups -OCH3 is 1. The molecule has 10 nitrogen and oxygen atoms in total. The smallest absolute Gasteiger partial charge is 0.269 e. The van der Waals surface area contributed by atoms with E-state index in [1.54, 1.807) is 19.4 Å². The number of hydrogen-bond acceptors (Lipinski definition) is 8. The number of hydrogen-bond donors (Lipinski definition) is 1. The van der Waals surface area contributed by atoms with Crippen LogP contribution in [0.4, 0.5) is 10.1 Å². The van der Waals surface area contributed by atoms with Gasteiger partial charge in [0.05, 0.1) is 7.11 Å². The summed E-state index contributed by atoms with van der Waals surface area (Å²) in [6.07, 6.45) is 4.54. The zero-order chi connectivity index (χ0) is 30.0. The van der Waals surface area contributed by atoms with Crippen molar-refractivity contribution in [2.75, 3.05) is 25.1 Å². The first-order valence-corrected chi connectivity index (χ1v) is 14.8. The summed E-state index contributed by atoms with van der Waals surface area (Å²) in [5, 5.41) is 3.01. The third kappa shape index (κ3) is 4.48. The fourth-order valence-corrected chi connectivity index (χ4v) is 7.33. The monoisotopic (exact) mass is 601 g/mol. The Bertz CT molecular complexity index is 1900. The number of nitrogens with one attached hydrogen (secondary N) is 1. The van der Waals surface area contributed by atoms with E-state index in [0.717, 1.165) is 22.8 Å². The number of rotatable bonds is 5. The lowest BCUT2D eigenvalue weighted by Crippen LogP contribution is -2.52. The average molecular weight is 602 g/mol. The van der Waals surface area contributed by atoms with Crippen LogP contribution in [-0.4, -0.2) is 57.8 Å². The van der Waals surface area contributed by atoms with Gasteiger partial charge in [-0.25, -0.2) is 4.39 Å². The third-order valence-electron chi connectivity index (χ3n) is 8.79. The van der Waals surface area contributed by atoms with Gasteiger partial charge in [-0.2, -0.15) is 4.37 Å². The molecule has 0 aliphatic carbocycles. The van der Waals surface area contributed by atoms with E-state index in [1.807, 2.05) is 24.3 Å². The zero-order valence-corrected chi connectivity index (χ0v) is 24.4. The molecular weight excluding hydrogens is 573 g/mol. The number of piperidine rings is 1. The van der Waals surface area contributed by atoms with Crippen LogP contribution in [0.2, 0.25) is 0 Å². The molecule has 4 aromatic rings. The van der Waals surface area contributed by atoms with Crippen LogP contribution in [0.1, 0.15) is 46.7 Å². The van der Waals surface area contributed by atoms with Crippen molar-refractivity contribution in [2.45, 2.75) is 37.8 Å². The number of halogens is 1. The molecule has 0 saturated carbocycles. The summed E-state index contributed by atoms with van der Waals surface area (Å²) in [6.45, 7) is 1.53. The summed E-state index contributed by atoms with van der Waals surface area (Å²) in [5.74, 6) is -1.06. The van der Waals surface area contributed by atoms with Gasteiger partial charge in [-0.3, -0.25) is 24.5 Å². The number of benzene rings is 2. The van der Waals surface area contributed by atoms with Crippen molar-refractivity contribution in [3.05, 3.63) is 75.6 Å². The molecule has 0 unspecified atom stereocenters. The number of carbonyl (C=O) groups excluding carboxylic acids is 3. The van der Waals surface area contributed by atoms with Gasteiger partial charge in [0.25, 0.3) is 11.5 Å². The summed E-state index contributed by atoms with van der Waals surface area (Å²) in [6, 6.07) is 8.36. The molecule has 12 heteroatoms. The summed E-state index contributed by atoms with van der Waals surface area (Å²) in [5.41, 5.74) is 3.90. The molecular formula is C31H28FN5O5S. The highest BCUT2D eigenvalue weighted by atomic mass is 32.1. The molecule has 3 amide bonds. The van der Waals surface area contributed by atoms with E-state index in [2.05, 4.69) is 14.6 Å². The Hall–Kier alpha value is -4.58. The number of anilines is 1. The number of carbonyl (C=O) groups is 3. The second-order valence-electron chi connectivity index (χ2n) is 11.3. The SMILES string of the molecule is COc1cc(-c2cn(C)c(=O)c3sncc23)cc(F)c1[C@@H]1CCN(c2ccc3c(c2)C(=O)N([C@@H]2CCC(=O)NC2=O)C3)C1. The van der Waals surface area contributed by atoms with Crippen molar-refractivity contribution in [1.82, 2.24) is 19.2 Å². The third-order valence-corrected chi connectivity index (χ3v) is 9.58. The van der Waals surface area contributed by atoms with Crippen molar-refractivity contribution in [2.24, 2.45) is 7.05 Å². The van der Waals surface area contributed by atoms with E-state index in [-0.39, 0.29) is 35.5 Å². The van der Waals surface area contributed by atoms with Crippen molar-refractivity contribution in [3.8, 4) is 16.9 Å². The van der Waals surface area contributed by atoms with Gasteiger partial charge in [0.15, 0.2) is 0 Å². The van der Waals surface area contributed by atoms with Crippen LogP contribution in [0.15, 0.2) is 47.5 Å². The number of aryl methyl sites for hydroxylation is 1. The van der Waals surface area contributed by atoms with Gasteiger partial charge in [-0.05, 0) is 59.8 Å². The van der Waals surface area contributed by atoms with Gasteiger partial charge in [-0.15, -0.1) is 0 Å². The van der Waals surface area contributed by atoms with Crippen LogP contribution in [0.25, 0.3) is 21.2 Å². The Morgan fingerprint density at radius 1 is 1.09 bits per heavy atom. The molecule has 1 N–H and O–H groups in total. The minimum Gasteiger partial charge on any atom is -0.496 e. The second-order valence-corrected chi connectivity index (χ2v) is 12.1. The van der Waals surface area contributed by atoms with E-state index in [9.17, 15) is 19.2 Å². The Kier molecular flexibility index (Phi) is 6.53. The maximum atomic E-state index is 15.9. The van der Waals surface area contributed by atoms with Crippen molar-refractivity contribution in [1.29, 1.82) is 0 Å². The van der Waals surface area contributed by atoms with E-state index < -0.39 is 11.9 Å². The van der Waals surface area contributed by atoms with Gasteiger partial charge in [-0.1, -0.05) is 6.07 Å². The molecule has 2 saturated heterocycles. The molecule has 0 spiro atoms. The highest BCUT2D eigenvalue weighted by Crippen LogP contribution is 2.41. The van der Waals surface area contributed by atoms with Crippen molar-refractivity contribution >= 4 is 45.0 Å². The molecule has 3 aliphatic rings. The molecule has 5 heterocycles. The van der Waals surface area contributed by atoms with Crippen LogP contribution in [0.3, 0.4) is 0 Å². The quantitative estimate of drug-likeness (QED) is 0.348. The summed E-state index contributed by atoms with van der Waals surface area (Å²) in [7, 11) is 3.19. The Balaban J connectivity index is 1.14. The molecule has 2 atom stereocenters. The normalized spacial score (nSPS) is 20.2. The van der Waals surface area contributed by atoms with Gasteiger partial charge < -0.3 is 19.1 Å². The average Bonchev–Trinajstić information content (AvgIpc) is 3.74. The standard InChI is InChI=1S/C31H28FN5O5S/c1-35-15-22(21-12-33-43-28(21)31(35)41)18-9-23(32)27(25(10-18)42-2)17-7-8-36(13-17)19-4-3-16-14-37(30(40)20(16)11-19)24-5-6-26(38)34-29(24)39/h3-4,9-12,15,17,24H,5-8,13-14H2,1-2H3,(H,34,38,39)/t17-,24-/m1/s1. The summed E-state index contributed by atoms with van der Waals surface area (Å²) in [4.78, 5) is 53.5. The van der Waals surface area contributed by atoms with Gasteiger partial charge in [0.1, 0.15) is 22.3 Å². The highest BCUT2D eigenvalue weighted by Gasteiger charge is 2.39. The zero-order valence-electron chi connectivity index (χ0n) is 23.6. The van der Waals surface area contributed by atoms with Crippen LogP contribution >= 0.6 is 11.5 Å². The Morgan fingerprint density at radius 3 is 2.72 bits per heavy atom. The minimum atomic E-state index is -0.663. The van der Waals surface area contributed by atoms with Crippen molar-refractivity contribution < 1.29 is 23.5 Å². The fourth-order valence-electron chi connectivity index (χ4n) is 6.58. The molecule has 2 aromatic carbocycles. The number of fused-ring (bicyclic) bond motifs is 2. The maximum absolute atomic E-state index is 15.9. The van der Waals surface area contributed by atoms with E-state index in [1.165, 1.54) is 22.6 Å². The summed E-state index contributed by atoms with van der Waals surface area (Å²) < 4.78 is 27.8. The molecule has 0 bridgehead atoms. The van der Waals surface area contributed by atoms with Gasteiger partial charge in [0.2, 0.25) is 11.8 Å². The number of pyridine rings is 1. The first-order chi connectivity index (χ1) is 20.7. The largest absolute Gasteiger partial charge is 0.496 e. The molecule has 220 valence electrons. The number of amides is 3. The molecule has 0 radical (unpaired) electrons. The molecule has 43 heavy (non-hydrogen) atoms. The molecule has 2 fully saturated rings. The second kappa shape index (κ2) is 10.3. The molecule has 3 aliphatic heterocycles. The molecule has 2 aromatic heterocycles. The van der Waals surface area contributed by atoms with Gasteiger partial charge >= 0.3 is 0 Å². The lowest BCUT2D eigenvalue weighted by Gasteiger charge is -2.29. The fraction of sp³-hybridized carbons (Fsp3) is 0.323. The van der Waals surface area contributed by atoms with Crippen LogP contribution in [0.5, 0.6) is 5.75 Å². The lowest BCUT2D eigenvalue weighted by molar-refractivity contribution is -0.136. The van der Waals surface area contributed by atoms with Gasteiger partial charge in [0, 0.05) is 79.2 Å². The van der Waals surface area contributed by atoms with E-state index in [0.29, 0.717) is 70.6 Å². The predicted molar refractivity (Wildman–Crippen MR) is 159 cm³/mol. The first-order valence-electron chi connectivity index (χ1n) is 14.1. The number of nitrogens with zero attached hydrogens (tertiary/aromatic N) is 4. The first kappa shape index (κ1) is 27.3. The summed E-state index contributed by atoms with van der Waals surface area (Å²) >= 11 is 1.12. The van der Waals surface area contributed by atoms with E-state index in [4.69, 9.17) is 4.74 Å². The number of aromatic nitrogens is 2. The van der Waals surface area contributed by atoms with Crippen LogP contribution in [-0.2, 0) is 23.2 Å². The van der Waals surface area contributed by atoms with Crippen LogP contribution in [0, 0.1) is 5.82 Å². The number of imide groups is 1. The highest BCUT2D eigenvalue weighted by molar-refractivity contribution is 7.13. The topological polar surface area (TPSA) is 114 Å². The Labute approximate surface area is 249 Å². The molecule has 7 rings (SSSR count). The number of ether oxygens (including phenoxy) is 1. The maximum Gasteiger partial charge on any atom is 0.269 e.